The number of aryl methyl sites for hydroxylation is 1. The van der Waals surface area contributed by atoms with E-state index in [0.29, 0.717) is 12.5 Å². The molecule has 2 heterocycles. The zero-order chi connectivity index (χ0) is 10.7. The third-order valence-electron chi connectivity index (χ3n) is 2.06. The number of nitrogens with zero attached hydrogens (tertiary/aromatic N) is 3. The zero-order valence-electron chi connectivity index (χ0n) is 8.78. The van der Waals surface area contributed by atoms with Crippen LogP contribution in [0.5, 0.6) is 0 Å². The smallest absolute Gasteiger partial charge is 0.243 e. The molecule has 0 aromatic carbocycles. The highest BCUT2D eigenvalue weighted by Gasteiger charge is 2.02. The Morgan fingerprint density at radius 1 is 1.47 bits per heavy atom. The average Bonchev–Trinajstić information content (AvgIpc) is 2.63. The van der Waals surface area contributed by atoms with Crippen molar-refractivity contribution in [1.82, 2.24) is 14.6 Å². The maximum absolute atomic E-state index is 4.32. The SMILES string of the molecule is CC#CCNc1nc2cccc(C)n2n1. The van der Waals surface area contributed by atoms with Crippen LogP contribution in [-0.2, 0) is 0 Å². The van der Waals surface area contributed by atoms with E-state index in [2.05, 4.69) is 27.2 Å². The van der Waals surface area contributed by atoms with Gasteiger partial charge in [-0.3, -0.25) is 0 Å². The van der Waals surface area contributed by atoms with Crippen LogP contribution in [0.25, 0.3) is 5.65 Å². The molecule has 0 spiro atoms. The van der Waals surface area contributed by atoms with E-state index in [1.54, 1.807) is 0 Å². The molecule has 0 atom stereocenters. The van der Waals surface area contributed by atoms with E-state index in [0.717, 1.165) is 11.3 Å². The van der Waals surface area contributed by atoms with Crippen LogP contribution >= 0.6 is 0 Å². The monoisotopic (exact) mass is 200 g/mol. The van der Waals surface area contributed by atoms with Gasteiger partial charge >= 0.3 is 0 Å². The molecule has 2 aromatic heterocycles. The Bertz CT molecular complexity index is 530. The number of anilines is 1. The number of nitrogens with one attached hydrogen (secondary N) is 1. The highest BCUT2D eigenvalue weighted by atomic mass is 15.3. The number of fused-ring (bicyclic) bond motifs is 1. The molecule has 2 rings (SSSR count). The topological polar surface area (TPSA) is 42.2 Å². The summed E-state index contributed by atoms with van der Waals surface area (Å²) in [6.45, 7) is 4.38. The molecule has 0 fully saturated rings. The van der Waals surface area contributed by atoms with Crippen molar-refractivity contribution in [3.63, 3.8) is 0 Å². The first-order valence-corrected chi connectivity index (χ1v) is 4.77. The van der Waals surface area contributed by atoms with E-state index in [-0.39, 0.29) is 0 Å². The second kappa shape index (κ2) is 4.01. The Hall–Kier alpha value is -2.02. The highest BCUT2D eigenvalue weighted by molar-refractivity contribution is 5.44. The van der Waals surface area contributed by atoms with Gasteiger partial charge in [-0.25, -0.2) is 4.52 Å². The first-order chi connectivity index (χ1) is 7.31. The molecule has 1 N–H and O–H groups in total. The van der Waals surface area contributed by atoms with Crippen LogP contribution in [0.15, 0.2) is 18.2 Å². The lowest BCUT2D eigenvalue weighted by Gasteiger charge is -1.94. The van der Waals surface area contributed by atoms with E-state index in [1.165, 1.54) is 0 Å². The van der Waals surface area contributed by atoms with Crippen molar-refractivity contribution in [2.75, 3.05) is 11.9 Å². The number of hydrogen-bond donors (Lipinski definition) is 1. The normalized spacial score (nSPS) is 9.73. The summed E-state index contributed by atoms with van der Waals surface area (Å²) in [5.74, 6) is 6.33. The fourth-order valence-corrected chi connectivity index (χ4v) is 1.32. The minimum Gasteiger partial charge on any atom is -0.342 e. The van der Waals surface area contributed by atoms with Gasteiger partial charge in [0.15, 0.2) is 5.65 Å². The molecule has 0 saturated heterocycles. The second-order valence-electron chi connectivity index (χ2n) is 3.15. The molecule has 0 aliphatic carbocycles. The van der Waals surface area contributed by atoms with Gasteiger partial charge in [-0.2, -0.15) is 4.98 Å². The van der Waals surface area contributed by atoms with Crippen molar-refractivity contribution in [2.45, 2.75) is 13.8 Å². The molecule has 0 amide bonds. The van der Waals surface area contributed by atoms with Gasteiger partial charge in [-0.05, 0) is 26.0 Å². The van der Waals surface area contributed by atoms with Gasteiger partial charge in [0.2, 0.25) is 5.95 Å². The Kier molecular flexibility index (Phi) is 2.55. The third-order valence-corrected chi connectivity index (χ3v) is 2.06. The third kappa shape index (κ3) is 1.91. The maximum Gasteiger partial charge on any atom is 0.243 e. The lowest BCUT2D eigenvalue weighted by Crippen LogP contribution is -2.00. The fraction of sp³-hybridized carbons (Fsp3) is 0.273. The summed E-state index contributed by atoms with van der Waals surface area (Å²) in [5.41, 5.74) is 1.91. The van der Waals surface area contributed by atoms with Crippen LogP contribution < -0.4 is 5.32 Å². The summed E-state index contributed by atoms with van der Waals surface area (Å²) in [6.07, 6.45) is 0. The van der Waals surface area contributed by atoms with Gasteiger partial charge < -0.3 is 5.32 Å². The molecule has 0 aliphatic heterocycles. The first kappa shape index (κ1) is 9.53. The van der Waals surface area contributed by atoms with Gasteiger partial charge in [0.05, 0.1) is 6.54 Å². The van der Waals surface area contributed by atoms with Gasteiger partial charge in [0.25, 0.3) is 0 Å². The summed E-state index contributed by atoms with van der Waals surface area (Å²) in [5, 5.41) is 7.36. The summed E-state index contributed by atoms with van der Waals surface area (Å²) in [6, 6.07) is 5.89. The van der Waals surface area contributed by atoms with Crippen molar-refractivity contribution >= 4 is 11.6 Å². The van der Waals surface area contributed by atoms with Crippen molar-refractivity contribution in [3.8, 4) is 11.8 Å². The van der Waals surface area contributed by atoms with Crippen LogP contribution in [0, 0.1) is 18.8 Å². The molecule has 76 valence electrons. The molecule has 0 unspecified atom stereocenters. The standard InChI is InChI=1S/C11H12N4/c1-3-4-8-12-11-13-10-7-5-6-9(2)15(10)14-11/h5-7H,8H2,1-2H3,(H,12,14). The van der Waals surface area contributed by atoms with Crippen molar-refractivity contribution in [1.29, 1.82) is 0 Å². The zero-order valence-corrected chi connectivity index (χ0v) is 8.78. The molecule has 0 radical (unpaired) electrons. The molecule has 0 aliphatic rings. The number of pyridine rings is 1. The van der Waals surface area contributed by atoms with Crippen molar-refractivity contribution in [3.05, 3.63) is 23.9 Å². The molecule has 2 aromatic rings. The molecule has 4 heteroatoms. The minimum absolute atomic E-state index is 0.576. The Morgan fingerprint density at radius 3 is 3.07 bits per heavy atom. The lowest BCUT2D eigenvalue weighted by atomic mass is 10.4. The van der Waals surface area contributed by atoms with Crippen molar-refractivity contribution < 1.29 is 0 Å². The van der Waals surface area contributed by atoms with Crippen LogP contribution in [-0.4, -0.2) is 21.1 Å². The van der Waals surface area contributed by atoms with Gasteiger partial charge in [-0.1, -0.05) is 12.0 Å². The Morgan fingerprint density at radius 2 is 2.33 bits per heavy atom. The molecule has 15 heavy (non-hydrogen) atoms. The summed E-state index contributed by atoms with van der Waals surface area (Å²) >= 11 is 0. The van der Waals surface area contributed by atoms with E-state index in [9.17, 15) is 0 Å². The Balaban J connectivity index is 2.29. The quantitative estimate of drug-likeness (QED) is 0.746. The molecule has 4 nitrogen and oxygen atoms in total. The van der Waals surface area contributed by atoms with E-state index >= 15 is 0 Å². The number of aromatic nitrogens is 3. The number of rotatable bonds is 2. The van der Waals surface area contributed by atoms with Gasteiger partial charge in [0.1, 0.15) is 0 Å². The molecule has 0 saturated carbocycles. The summed E-state index contributed by atoms with van der Waals surface area (Å²) in [7, 11) is 0. The number of hydrogen-bond acceptors (Lipinski definition) is 3. The van der Waals surface area contributed by atoms with Crippen LogP contribution in [0.1, 0.15) is 12.6 Å². The largest absolute Gasteiger partial charge is 0.342 e. The Labute approximate surface area is 88.3 Å². The summed E-state index contributed by atoms with van der Waals surface area (Å²) in [4.78, 5) is 4.32. The molecular weight excluding hydrogens is 188 g/mol. The summed E-state index contributed by atoms with van der Waals surface area (Å²) < 4.78 is 1.81. The van der Waals surface area contributed by atoms with E-state index in [4.69, 9.17) is 0 Å². The van der Waals surface area contributed by atoms with Gasteiger partial charge in [-0.15, -0.1) is 11.0 Å². The average molecular weight is 200 g/mol. The van der Waals surface area contributed by atoms with Crippen LogP contribution in [0.4, 0.5) is 5.95 Å². The van der Waals surface area contributed by atoms with E-state index < -0.39 is 0 Å². The van der Waals surface area contributed by atoms with Crippen molar-refractivity contribution in [2.24, 2.45) is 0 Å². The predicted octanol–water partition coefficient (Wildman–Crippen LogP) is 1.47. The lowest BCUT2D eigenvalue weighted by molar-refractivity contribution is 0.915. The highest BCUT2D eigenvalue weighted by Crippen LogP contribution is 2.07. The maximum atomic E-state index is 4.32. The molecule has 0 bridgehead atoms. The van der Waals surface area contributed by atoms with Gasteiger partial charge in [0, 0.05) is 5.69 Å². The van der Waals surface area contributed by atoms with Crippen LogP contribution in [0.2, 0.25) is 0 Å². The second-order valence-corrected chi connectivity index (χ2v) is 3.15. The molecular formula is C11H12N4. The van der Waals surface area contributed by atoms with Crippen LogP contribution in [0.3, 0.4) is 0 Å². The first-order valence-electron chi connectivity index (χ1n) is 4.77. The fourth-order valence-electron chi connectivity index (χ4n) is 1.32. The predicted molar refractivity (Wildman–Crippen MR) is 59.7 cm³/mol. The van der Waals surface area contributed by atoms with E-state index in [1.807, 2.05) is 36.6 Å². The minimum atomic E-state index is 0.576.